The van der Waals surface area contributed by atoms with Crippen molar-refractivity contribution in [1.82, 2.24) is 29.9 Å². The minimum Gasteiger partial charge on any atom is 0 e. The fraction of sp³-hybridized carbons (Fsp3) is 0.500. The number of ketones is 3. The summed E-state index contributed by atoms with van der Waals surface area (Å²) in [7, 11) is -1.48. The predicted octanol–water partition coefficient (Wildman–Crippen LogP) is 34.3. The summed E-state index contributed by atoms with van der Waals surface area (Å²) in [5, 5.41) is 42.9. The van der Waals surface area contributed by atoms with Gasteiger partial charge in [-0.15, -0.1) is 35.4 Å². The second-order valence-corrected chi connectivity index (χ2v) is 72.5. The van der Waals surface area contributed by atoms with Crippen LogP contribution in [0.4, 0.5) is 0 Å². The van der Waals surface area contributed by atoms with Gasteiger partial charge in [-0.2, -0.15) is 0 Å². The van der Waals surface area contributed by atoms with Crippen LogP contribution in [0.25, 0.3) is 98.8 Å². The van der Waals surface area contributed by atoms with Crippen molar-refractivity contribution in [2.24, 2.45) is 32.5 Å². The van der Waals surface area contributed by atoms with Gasteiger partial charge < -0.3 is 15.3 Å². The predicted molar refractivity (Wildman–Crippen MR) is 614 cm³/mol. The van der Waals surface area contributed by atoms with Crippen molar-refractivity contribution in [3.63, 3.8) is 0 Å². The van der Waals surface area contributed by atoms with Gasteiger partial charge >= 0.3 is 340 Å². The average Bonchev–Trinajstić information content (AvgIpc) is 0.733. The second kappa shape index (κ2) is 53.4. The van der Waals surface area contributed by atoms with E-state index in [1.54, 1.807) is 28.6 Å². The maximum Gasteiger partial charge on any atom is 0 e. The van der Waals surface area contributed by atoms with Gasteiger partial charge in [0.05, 0.1) is 13.6 Å². The molecule has 787 valence electrons. The number of carbonyl (C=O) groups excluding carboxylic acids is 3. The Labute approximate surface area is 915 Å². The first kappa shape index (κ1) is 127. The number of carbonyl (C=O) groups is 3. The molecule has 3 radical (unpaired) electrons. The second-order valence-electron chi connectivity index (χ2n) is 46.4. The zero-order valence-corrected chi connectivity index (χ0v) is 107. The molecule has 0 saturated heterocycles. The van der Waals surface area contributed by atoms with Crippen LogP contribution in [-0.2, 0) is 80.1 Å². The van der Waals surface area contributed by atoms with Crippen molar-refractivity contribution in [3.05, 3.63) is 232 Å². The van der Waals surface area contributed by atoms with Crippen molar-refractivity contribution in [2.75, 3.05) is 0 Å². The van der Waals surface area contributed by atoms with Crippen molar-refractivity contribution in [3.8, 4) is 33.8 Å². The minimum absolute atomic E-state index is 0. The third-order valence-corrected chi connectivity index (χ3v) is 43.9. The molecule has 0 aliphatic heterocycles. The fourth-order valence-corrected chi connectivity index (χ4v) is 30.0. The van der Waals surface area contributed by atoms with Crippen LogP contribution in [0.15, 0.2) is 170 Å². The van der Waals surface area contributed by atoms with E-state index in [1.165, 1.54) is 132 Å². The van der Waals surface area contributed by atoms with E-state index >= 15 is 0 Å². The van der Waals surface area contributed by atoms with Gasteiger partial charge in [-0.25, -0.2) is 4.98 Å². The Morgan fingerprint density at radius 3 is 1.10 bits per heavy atom. The number of allylic oxidation sites excluding steroid dienone is 6. The summed E-state index contributed by atoms with van der Waals surface area (Å²) in [5.74, 6) is 16.8. The number of aliphatic hydroxyl groups is 3. The van der Waals surface area contributed by atoms with Gasteiger partial charge in [0.25, 0.3) is 0 Å². The Morgan fingerprint density at radius 2 is 0.764 bits per heavy atom. The van der Waals surface area contributed by atoms with Crippen LogP contribution >= 0.6 is 0 Å². The fourth-order valence-electron chi connectivity index (χ4n) is 19.7. The smallest absolute Gasteiger partial charge is 0 e. The summed E-state index contributed by atoms with van der Waals surface area (Å²) in [4.78, 5) is 64.8. The Balaban J connectivity index is 0.000000310. The first-order chi connectivity index (χ1) is 66.0. The van der Waals surface area contributed by atoms with Crippen LogP contribution in [0.1, 0.15) is 325 Å². The van der Waals surface area contributed by atoms with E-state index in [-0.39, 0.29) is 133 Å². The molecule has 12 nitrogen and oxygen atoms in total. The number of nitrogens with zero attached hydrogens (tertiary/aromatic N) is 6. The molecule has 12 aromatic rings. The summed E-state index contributed by atoms with van der Waals surface area (Å²) in [6, 6.07) is 52.7. The normalized spacial score (nSPS) is 13.4. The van der Waals surface area contributed by atoms with Gasteiger partial charge in [-0.1, -0.05) is 225 Å². The van der Waals surface area contributed by atoms with Crippen LogP contribution < -0.4 is 14.0 Å². The van der Waals surface area contributed by atoms with Crippen molar-refractivity contribution >= 4 is 131 Å². The summed E-state index contributed by atoms with van der Waals surface area (Å²) in [6.45, 7) is 66.0. The van der Waals surface area contributed by atoms with Crippen molar-refractivity contribution in [2.45, 2.75) is 374 Å². The van der Waals surface area contributed by atoms with Crippen LogP contribution in [0.3, 0.4) is 0 Å². The van der Waals surface area contributed by atoms with Crippen molar-refractivity contribution < 1.29 is 90.0 Å². The molecule has 3 N–H and O–H groups in total. The van der Waals surface area contributed by atoms with E-state index in [0.717, 1.165) is 144 Å². The van der Waals surface area contributed by atoms with Gasteiger partial charge in [0.2, 0.25) is 0 Å². The van der Waals surface area contributed by atoms with E-state index in [1.807, 2.05) is 131 Å². The number of fused-ring (bicyclic) bond motifs is 9. The molecule has 1 aliphatic carbocycles. The SMILES string of the molecule is CCC(C)(CC)C(=O)C=C(O)C(C)(CC)CC.CCC(C)(CC)C(=O)C=C(O)C(C)(CC)CC.CCC(C)(CC)C(=O)C=C(O)C(C)(CC)CC.Cc1c[c]([Ge]([CH3])([CH3])[CH3])cc2ccc3c(-c4[c-]cc(C(C)C)cc4)ncnc3c12.Cc1cc2ccc3c(-c4[c-]cc(C5CCCCC5)cc4)ncnc3c2c(C)c1[Si](C)(C)C.Cc1cc2ccc3c(-c4[c-]ccc(C(C)(C)C)c4)ncnc3c2c(C)[c]1[Ge]([CH3])([CH3])[CH3].[Ir].[Ir].[Ir]. The molecule has 1 saturated carbocycles. The Bertz CT molecular complexity index is 6320. The summed E-state index contributed by atoms with van der Waals surface area (Å²) >= 11 is -3.92. The van der Waals surface area contributed by atoms with Crippen LogP contribution in [0.5, 0.6) is 0 Å². The van der Waals surface area contributed by atoms with Gasteiger partial charge in [-0.3, -0.25) is 19.4 Å². The average molecular weight is 2620 g/mol. The molecule has 1 aliphatic rings. The van der Waals surface area contributed by atoms with Crippen LogP contribution in [0, 0.1) is 85.3 Å². The largest absolute Gasteiger partial charge is 0 e. The standard InChI is InChI=1S/C29H33N2Si.C27H31GeN2.C25H27GeN2.3C15H28O2.3Ir/c1-19-17-24-15-16-25-27(23-13-11-22(12-14-23)21-9-7-6-8-10-21)30-18-31-28(25)26(24)20(2)29(19)32(3,4)5;1-17-14-19-12-13-22-25(20-10-9-11-21(15-20)27(3,4)5)29-16-30-26(22)23(19)18(2)24(17)28(6,7)8;1-16(2)18-7-9-19(10-8-18)24-22-12-11-20-14-21(26(4,5)6)13-17(3)23(20)25(22)28-15-27-24;3*1-7-14(5,8-2)12(16)11-13(17)15(6,9-3)10-4;;;/h11-13,15-18,21H,6-10H2,1-5H3;9,11-16H,1-8H3;7-9,11-16H,1-6H3;3*11,16H,7-10H2,1-6H3;;;/q3*-1;;;;;;. The molecule has 9 aromatic carbocycles. The van der Waals surface area contributed by atoms with Gasteiger partial charge in [0.15, 0.2) is 17.3 Å². The third kappa shape index (κ3) is 29.9. The zero-order chi connectivity index (χ0) is 105. The Hall–Kier alpha value is -7.34. The van der Waals surface area contributed by atoms with E-state index in [4.69, 9.17) is 19.9 Å². The molecule has 3 aromatic heterocycles. The summed E-state index contributed by atoms with van der Waals surface area (Å²) < 4.78 is 3.13. The molecular weight excluding hydrogens is 2440 g/mol. The molecule has 1 fully saturated rings. The summed E-state index contributed by atoms with van der Waals surface area (Å²) in [6.07, 6.45) is 26.1. The van der Waals surface area contributed by atoms with Crippen LogP contribution in [-0.4, -0.2) is 97.2 Å². The molecule has 0 spiro atoms. The Morgan fingerprint density at radius 1 is 0.403 bits per heavy atom. The number of aryl methyl sites for hydroxylation is 5. The molecule has 18 heteroatoms. The molecule has 13 rings (SSSR count). The number of aromatic nitrogens is 6. The van der Waals surface area contributed by atoms with Crippen molar-refractivity contribution in [1.29, 1.82) is 0 Å². The third-order valence-electron chi connectivity index (χ3n) is 32.6. The van der Waals surface area contributed by atoms with E-state index in [0.29, 0.717) is 11.8 Å². The monoisotopic (exact) mass is 2620 g/mol. The minimum atomic E-state index is -2.03. The first-order valence-corrected chi connectivity index (χ1v) is 71.1. The molecule has 3 heterocycles. The zero-order valence-electron chi connectivity index (χ0n) is 94.9. The molecular formula is C126H175Ge2Ir3N6O6Si-3. The summed E-state index contributed by atoms with van der Waals surface area (Å²) in [5.41, 5.74) is 18.4. The van der Waals surface area contributed by atoms with E-state index in [9.17, 15) is 29.7 Å². The molecule has 0 unspecified atom stereocenters. The number of hydrogen-bond acceptors (Lipinski definition) is 12. The Kier molecular flexibility index (Phi) is 47.1. The molecule has 0 atom stereocenters. The maximum atomic E-state index is 12.2. The van der Waals surface area contributed by atoms with E-state index < -0.39 is 34.6 Å². The van der Waals surface area contributed by atoms with Gasteiger partial charge in [0, 0.05) is 116 Å². The van der Waals surface area contributed by atoms with E-state index in [2.05, 4.69) is 261 Å². The number of rotatable bonds is 29. The molecule has 0 bridgehead atoms. The number of aliphatic hydroxyl groups excluding tert-OH is 3. The molecule has 0 amide bonds. The van der Waals surface area contributed by atoms with Gasteiger partial charge in [-0.05, 0) is 113 Å². The first-order valence-electron chi connectivity index (χ1n) is 52.9. The maximum absolute atomic E-state index is 12.2. The molecule has 144 heavy (non-hydrogen) atoms. The topological polar surface area (TPSA) is 189 Å². The quantitative estimate of drug-likeness (QED) is 0.0132. The van der Waals surface area contributed by atoms with Crippen LogP contribution in [0.2, 0.25) is 54.2 Å². The number of benzene rings is 9. The van der Waals surface area contributed by atoms with Gasteiger partial charge in [0.1, 0.15) is 23.6 Å². The number of hydrogen-bond donors (Lipinski definition) is 3.